The molecule has 0 aromatic rings. The molecule has 1 rings (SSSR count). The smallest absolute Gasteiger partial charge is 0.411 e. The van der Waals surface area contributed by atoms with E-state index in [1.165, 1.54) is 4.90 Å². The Hall–Kier alpha value is -1.03. The highest BCUT2D eigenvalue weighted by Gasteiger charge is 2.37. The Morgan fingerprint density at radius 1 is 1.60 bits per heavy atom. The summed E-state index contributed by atoms with van der Waals surface area (Å²) in [7, 11) is 0. The molecule has 0 aromatic carbocycles. The first-order chi connectivity index (χ1) is 6.78. The quantitative estimate of drug-likeness (QED) is 0.672. The minimum absolute atomic E-state index is 0.0945. The molecule has 0 saturated heterocycles. The highest BCUT2D eigenvalue weighted by molar-refractivity contribution is 5.70. The Morgan fingerprint density at radius 2 is 2.20 bits per heavy atom. The van der Waals surface area contributed by atoms with Crippen molar-refractivity contribution in [3.63, 3.8) is 0 Å². The molecule has 0 fully saturated rings. The maximum absolute atomic E-state index is 11.8. The molecule has 0 saturated carbocycles. The van der Waals surface area contributed by atoms with Crippen LogP contribution >= 0.6 is 0 Å². The van der Waals surface area contributed by atoms with Crippen molar-refractivity contribution in [2.45, 2.75) is 38.8 Å². The van der Waals surface area contributed by atoms with Crippen LogP contribution in [0.1, 0.15) is 27.7 Å². The number of rotatable bonds is 1. The number of aliphatic hydroxyl groups is 1. The van der Waals surface area contributed by atoms with Crippen LogP contribution in [0.4, 0.5) is 4.79 Å². The van der Waals surface area contributed by atoms with Crippen molar-refractivity contribution in [3.8, 4) is 0 Å². The molecule has 1 heterocycles. The molecule has 0 aliphatic carbocycles. The van der Waals surface area contributed by atoms with E-state index in [1.54, 1.807) is 6.92 Å². The van der Waals surface area contributed by atoms with Crippen molar-refractivity contribution in [2.24, 2.45) is 0 Å². The van der Waals surface area contributed by atoms with E-state index in [0.29, 0.717) is 6.54 Å². The van der Waals surface area contributed by atoms with Crippen LogP contribution in [0.2, 0.25) is 0 Å². The van der Waals surface area contributed by atoms with Crippen LogP contribution in [0, 0.1) is 0 Å². The van der Waals surface area contributed by atoms with Gasteiger partial charge in [-0.15, -0.1) is 0 Å². The fourth-order valence-electron chi connectivity index (χ4n) is 1.45. The fraction of sp³-hybridized carbons (Fsp3) is 0.727. The highest BCUT2D eigenvalue weighted by Crippen LogP contribution is 2.24. The second-order valence-electron chi connectivity index (χ2n) is 5.01. The number of carbonyl (C=O) groups excluding carboxylic acids is 1. The minimum Gasteiger partial charge on any atom is -0.444 e. The highest BCUT2D eigenvalue weighted by atomic mass is 16.6. The number of aliphatic hydroxyl groups excluding tert-OH is 1. The molecule has 4 nitrogen and oxygen atoms in total. The molecule has 0 bridgehead atoms. The monoisotopic (exact) mass is 213 g/mol. The van der Waals surface area contributed by atoms with E-state index in [2.05, 4.69) is 0 Å². The van der Waals surface area contributed by atoms with Gasteiger partial charge in [0.2, 0.25) is 0 Å². The molecule has 0 radical (unpaired) electrons. The summed E-state index contributed by atoms with van der Waals surface area (Å²) in [5.41, 5.74) is -1.13. The van der Waals surface area contributed by atoms with Crippen molar-refractivity contribution < 1.29 is 14.6 Å². The SMILES string of the molecule is CC(C)(C)OC(=O)N1CC=CC1(C)CO. The standard InChI is InChI=1S/C11H19NO3/c1-10(2,3)15-9(14)12-7-5-6-11(12,4)8-13/h5-6,13H,7-8H2,1-4H3. The summed E-state index contributed by atoms with van der Waals surface area (Å²) in [6, 6.07) is 0. The van der Waals surface area contributed by atoms with E-state index in [4.69, 9.17) is 4.74 Å². The van der Waals surface area contributed by atoms with E-state index < -0.39 is 11.1 Å². The Kier molecular flexibility index (Phi) is 3.09. The van der Waals surface area contributed by atoms with Gasteiger partial charge in [0.1, 0.15) is 5.60 Å². The van der Waals surface area contributed by atoms with Crippen molar-refractivity contribution in [1.29, 1.82) is 0 Å². The third kappa shape index (κ3) is 2.72. The van der Waals surface area contributed by atoms with Crippen LogP contribution in [0.5, 0.6) is 0 Å². The van der Waals surface area contributed by atoms with Gasteiger partial charge in [0, 0.05) is 6.54 Å². The molecule has 1 unspecified atom stereocenters. The molecule has 4 heteroatoms. The molecule has 1 amide bonds. The lowest BCUT2D eigenvalue weighted by Gasteiger charge is -2.34. The van der Waals surface area contributed by atoms with E-state index in [0.717, 1.165) is 0 Å². The normalized spacial score (nSPS) is 25.8. The van der Waals surface area contributed by atoms with E-state index in [-0.39, 0.29) is 12.7 Å². The van der Waals surface area contributed by atoms with E-state index in [9.17, 15) is 9.90 Å². The fourth-order valence-corrected chi connectivity index (χ4v) is 1.45. The Balaban J connectivity index is 2.70. The average Bonchev–Trinajstić information content (AvgIpc) is 2.45. The average molecular weight is 213 g/mol. The second-order valence-corrected chi connectivity index (χ2v) is 5.01. The zero-order valence-corrected chi connectivity index (χ0v) is 9.78. The van der Waals surface area contributed by atoms with Crippen molar-refractivity contribution in [1.82, 2.24) is 4.90 Å². The molecular formula is C11H19NO3. The number of amides is 1. The van der Waals surface area contributed by atoms with Gasteiger partial charge in [-0.1, -0.05) is 12.2 Å². The number of hydrogen-bond acceptors (Lipinski definition) is 3. The van der Waals surface area contributed by atoms with Gasteiger partial charge in [-0.25, -0.2) is 4.79 Å². The molecule has 1 aliphatic heterocycles. The number of hydrogen-bond donors (Lipinski definition) is 1. The lowest BCUT2D eigenvalue weighted by Crippen LogP contribution is -2.49. The largest absolute Gasteiger partial charge is 0.444 e. The first kappa shape index (κ1) is 12.0. The van der Waals surface area contributed by atoms with Crippen LogP contribution < -0.4 is 0 Å². The Labute approximate surface area is 90.5 Å². The van der Waals surface area contributed by atoms with Crippen LogP contribution in [-0.2, 0) is 4.74 Å². The van der Waals surface area contributed by atoms with Crippen LogP contribution in [0.15, 0.2) is 12.2 Å². The van der Waals surface area contributed by atoms with Gasteiger partial charge in [-0.05, 0) is 27.7 Å². The predicted molar refractivity (Wildman–Crippen MR) is 57.6 cm³/mol. The molecule has 1 aliphatic rings. The minimum atomic E-state index is -0.623. The molecule has 15 heavy (non-hydrogen) atoms. The summed E-state index contributed by atoms with van der Waals surface area (Å²) >= 11 is 0. The summed E-state index contributed by atoms with van der Waals surface area (Å²) in [6.07, 6.45) is 3.31. The number of nitrogens with zero attached hydrogens (tertiary/aromatic N) is 1. The Bertz CT molecular complexity index is 280. The lowest BCUT2D eigenvalue weighted by atomic mass is 10.1. The van der Waals surface area contributed by atoms with Crippen LogP contribution in [-0.4, -0.2) is 40.4 Å². The van der Waals surface area contributed by atoms with Gasteiger partial charge >= 0.3 is 6.09 Å². The topological polar surface area (TPSA) is 49.8 Å². The summed E-state index contributed by atoms with van der Waals surface area (Å²) in [5.74, 6) is 0. The maximum atomic E-state index is 11.8. The molecule has 0 spiro atoms. The summed E-state index contributed by atoms with van der Waals surface area (Å²) in [6.45, 7) is 7.68. The second kappa shape index (κ2) is 3.85. The zero-order valence-electron chi connectivity index (χ0n) is 9.78. The zero-order chi connectivity index (χ0) is 11.7. The van der Waals surface area contributed by atoms with Crippen molar-refractivity contribution >= 4 is 6.09 Å². The van der Waals surface area contributed by atoms with Crippen LogP contribution in [0.3, 0.4) is 0 Å². The first-order valence-corrected chi connectivity index (χ1v) is 5.08. The molecule has 0 aromatic heterocycles. The number of ether oxygens (including phenoxy) is 1. The summed E-state index contributed by atoms with van der Waals surface area (Å²) in [4.78, 5) is 13.3. The van der Waals surface area contributed by atoms with Crippen molar-refractivity contribution in [3.05, 3.63) is 12.2 Å². The maximum Gasteiger partial charge on any atom is 0.411 e. The molecular weight excluding hydrogens is 194 g/mol. The third-order valence-electron chi connectivity index (χ3n) is 2.32. The van der Waals surface area contributed by atoms with E-state index >= 15 is 0 Å². The van der Waals surface area contributed by atoms with Gasteiger partial charge in [0.15, 0.2) is 0 Å². The van der Waals surface area contributed by atoms with Gasteiger partial charge in [0.05, 0.1) is 12.1 Å². The van der Waals surface area contributed by atoms with Gasteiger partial charge in [-0.2, -0.15) is 0 Å². The van der Waals surface area contributed by atoms with Gasteiger partial charge in [-0.3, -0.25) is 4.90 Å². The number of carbonyl (C=O) groups is 1. The summed E-state index contributed by atoms with van der Waals surface area (Å²) in [5, 5.41) is 9.24. The van der Waals surface area contributed by atoms with Crippen molar-refractivity contribution in [2.75, 3.05) is 13.2 Å². The lowest BCUT2D eigenvalue weighted by molar-refractivity contribution is 0.00540. The van der Waals surface area contributed by atoms with Gasteiger partial charge < -0.3 is 9.84 Å². The predicted octanol–water partition coefficient (Wildman–Crippen LogP) is 1.54. The Morgan fingerprint density at radius 3 is 2.67 bits per heavy atom. The van der Waals surface area contributed by atoms with Gasteiger partial charge in [0.25, 0.3) is 0 Å². The van der Waals surface area contributed by atoms with Crippen LogP contribution in [0.25, 0.3) is 0 Å². The first-order valence-electron chi connectivity index (χ1n) is 5.08. The molecule has 86 valence electrons. The third-order valence-corrected chi connectivity index (χ3v) is 2.32. The summed E-state index contributed by atoms with van der Waals surface area (Å²) < 4.78 is 5.25. The van der Waals surface area contributed by atoms with E-state index in [1.807, 2.05) is 32.9 Å². The molecule has 1 atom stereocenters. The molecule has 1 N–H and O–H groups in total.